The number of hydrogen-bond donors (Lipinski definition) is 0. The molecule has 0 radical (unpaired) electrons. The number of benzene rings is 5. The SMILES string of the molecule is CC12CCC3(CCCCC3C1)C(=O)c1cc3c(cc12)c1cc2c(c4c5cc6c(cc5n3c14)C(=O)C13CCCCC1CC6(C)CC3)C(C)(C)c1cc3c(cc1-2)C(C)(C)c1ccccc1-3. The standard InChI is InChI=1S/C60H59NO2/c1-55(2)43-16-8-7-15-34(43)35-24-45-36(25-44(35)55)38-23-39-37-26-46-40(53(62)59-17-11-9-13-32(59)30-57(46,5)19-21-59)28-48(37)61-49-29-41-47(27-42(49)50(52(39)61)51(38)56(45,3)4)58(6)20-22-60(54(41)63)18-12-10-14-33(60)31-58/h7-8,15-16,23-29,32-33H,9-14,17-22,30-31H2,1-6H3. The monoisotopic (exact) mass is 825 g/mol. The zero-order chi connectivity index (χ0) is 42.5. The maximum absolute atomic E-state index is 15.5. The summed E-state index contributed by atoms with van der Waals surface area (Å²) < 4.78 is 2.56. The summed E-state index contributed by atoms with van der Waals surface area (Å²) in [7, 11) is 0. The molecule has 2 spiro atoms. The van der Waals surface area contributed by atoms with E-state index in [1.54, 1.807) is 0 Å². The van der Waals surface area contributed by atoms with Crippen LogP contribution in [0.25, 0.3) is 60.3 Å². The highest BCUT2D eigenvalue weighted by molar-refractivity contribution is 6.28. The molecule has 2 aromatic heterocycles. The Morgan fingerprint density at radius 2 is 1.03 bits per heavy atom. The zero-order valence-electron chi connectivity index (χ0n) is 38.2. The lowest BCUT2D eigenvalue weighted by molar-refractivity contribution is 0.0224. The number of fused-ring (bicyclic) bond motifs is 15. The van der Waals surface area contributed by atoms with E-state index in [0.29, 0.717) is 23.4 Å². The predicted octanol–water partition coefficient (Wildman–Crippen LogP) is 15.1. The molecule has 4 fully saturated rings. The summed E-state index contributed by atoms with van der Waals surface area (Å²) in [6, 6.07) is 26.6. The lowest BCUT2D eigenvalue weighted by Gasteiger charge is -2.49. The van der Waals surface area contributed by atoms with Crippen molar-refractivity contribution in [3.8, 4) is 22.3 Å². The molecule has 4 saturated carbocycles. The molecule has 3 heteroatoms. The van der Waals surface area contributed by atoms with Crippen LogP contribution in [0.1, 0.15) is 186 Å². The Morgan fingerprint density at radius 3 is 1.67 bits per heavy atom. The van der Waals surface area contributed by atoms with Crippen molar-refractivity contribution in [2.45, 2.75) is 153 Å². The number of Topliss-reactive ketones (excluding diaryl/α,β-unsaturated/α-hetero) is 2. The summed E-state index contributed by atoms with van der Waals surface area (Å²) >= 11 is 0. The summed E-state index contributed by atoms with van der Waals surface area (Å²) in [5.41, 5.74) is 18.6. The van der Waals surface area contributed by atoms with Gasteiger partial charge in [-0.3, -0.25) is 9.59 Å². The van der Waals surface area contributed by atoms with E-state index in [4.69, 9.17) is 0 Å². The summed E-state index contributed by atoms with van der Waals surface area (Å²) in [5, 5.41) is 5.24. The van der Waals surface area contributed by atoms with Crippen LogP contribution >= 0.6 is 0 Å². The van der Waals surface area contributed by atoms with Gasteiger partial charge in [0.15, 0.2) is 11.6 Å². The van der Waals surface area contributed by atoms with E-state index in [1.165, 1.54) is 121 Å². The van der Waals surface area contributed by atoms with Gasteiger partial charge in [-0.25, -0.2) is 0 Å². The van der Waals surface area contributed by atoms with Gasteiger partial charge in [-0.15, -0.1) is 0 Å². The first-order valence-corrected chi connectivity index (χ1v) is 25.0. The van der Waals surface area contributed by atoms with Crippen LogP contribution in [0.4, 0.5) is 0 Å². The van der Waals surface area contributed by atoms with Crippen LogP contribution in [0.5, 0.6) is 0 Å². The highest BCUT2D eigenvalue weighted by Gasteiger charge is 2.59. The average molecular weight is 826 g/mol. The predicted molar refractivity (Wildman–Crippen MR) is 256 cm³/mol. The van der Waals surface area contributed by atoms with E-state index >= 15 is 9.59 Å². The second-order valence-corrected chi connectivity index (χ2v) is 24.4. The minimum absolute atomic E-state index is 0.0127. The Balaban J connectivity index is 1.08. The fourth-order valence-electron chi connectivity index (χ4n) is 17.6. The molecule has 10 aliphatic carbocycles. The fraction of sp³-hybridized carbons (Fsp3) is 0.467. The third-order valence-electron chi connectivity index (χ3n) is 20.9. The van der Waals surface area contributed by atoms with Gasteiger partial charge >= 0.3 is 0 Å². The Kier molecular flexibility index (Phi) is 6.39. The average Bonchev–Trinajstić information content (AvgIpc) is 3.87. The minimum atomic E-state index is -0.262. The molecule has 0 amide bonds. The molecule has 7 aromatic rings. The van der Waals surface area contributed by atoms with Crippen LogP contribution in [0.3, 0.4) is 0 Å². The molecule has 0 saturated heterocycles. The second kappa shape index (κ2) is 11.0. The number of aromatic nitrogens is 1. The Morgan fingerprint density at radius 1 is 0.476 bits per heavy atom. The van der Waals surface area contributed by atoms with Crippen LogP contribution in [-0.2, 0) is 21.7 Å². The number of carbonyl (C=O) groups excluding carboxylic acids is 2. The molecular formula is C60H59NO2. The molecule has 63 heavy (non-hydrogen) atoms. The summed E-state index contributed by atoms with van der Waals surface area (Å²) in [6.45, 7) is 14.8. The van der Waals surface area contributed by atoms with Gasteiger partial charge in [0.05, 0.1) is 16.6 Å². The van der Waals surface area contributed by atoms with Gasteiger partial charge in [0.1, 0.15) is 0 Å². The molecule has 0 N–H and O–H groups in total. The molecular weight excluding hydrogens is 767 g/mol. The normalized spacial score (nSPS) is 32.6. The lowest BCUT2D eigenvalue weighted by Crippen LogP contribution is -2.45. The van der Waals surface area contributed by atoms with Crippen molar-refractivity contribution in [1.29, 1.82) is 0 Å². The number of carbonyl (C=O) groups is 2. The van der Waals surface area contributed by atoms with E-state index in [9.17, 15) is 0 Å². The quantitative estimate of drug-likeness (QED) is 0.153. The topological polar surface area (TPSA) is 38.5 Å². The molecule has 0 aliphatic heterocycles. The lowest BCUT2D eigenvalue weighted by atomic mass is 9.54. The van der Waals surface area contributed by atoms with Gasteiger partial charge in [0.2, 0.25) is 0 Å². The smallest absolute Gasteiger partial charge is 0.169 e. The van der Waals surface area contributed by atoms with Crippen molar-refractivity contribution in [1.82, 2.24) is 4.40 Å². The van der Waals surface area contributed by atoms with E-state index in [0.717, 1.165) is 73.5 Å². The van der Waals surface area contributed by atoms with Crippen LogP contribution in [0, 0.1) is 22.7 Å². The second-order valence-electron chi connectivity index (χ2n) is 24.4. The van der Waals surface area contributed by atoms with Crippen LogP contribution in [-0.4, -0.2) is 16.0 Å². The van der Waals surface area contributed by atoms with Gasteiger partial charge < -0.3 is 4.40 Å². The maximum atomic E-state index is 15.5. The highest BCUT2D eigenvalue weighted by Crippen LogP contribution is 2.65. The van der Waals surface area contributed by atoms with E-state index in [-0.39, 0.29) is 32.5 Å². The first-order valence-electron chi connectivity index (χ1n) is 25.0. The van der Waals surface area contributed by atoms with Crippen LogP contribution in [0.15, 0.2) is 66.7 Å². The molecule has 6 unspecified atom stereocenters. The van der Waals surface area contributed by atoms with Crippen LogP contribution in [0.2, 0.25) is 0 Å². The van der Waals surface area contributed by atoms with Gasteiger partial charge in [-0.05, 0) is 185 Å². The minimum Gasteiger partial charge on any atom is -0.308 e. The fourth-order valence-corrected chi connectivity index (χ4v) is 17.6. The van der Waals surface area contributed by atoms with Gasteiger partial charge in [-0.1, -0.05) is 91.5 Å². The summed E-state index contributed by atoms with van der Waals surface area (Å²) in [6.07, 6.45) is 15.8. The molecule has 3 nitrogen and oxygen atoms in total. The number of hydrogen-bond acceptors (Lipinski definition) is 2. The molecule has 6 atom stereocenters. The van der Waals surface area contributed by atoms with Crippen molar-refractivity contribution in [2.75, 3.05) is 0 Å². The molecule has 17 rings (SSSR count). The molecule has 10 aliphatic rings. The van der Waals surface area contributed by atoms with Gasteiger partial charge in [0.25, 0.3) is 0 Å². The molecule has 316 valence electrons. The Bertz CT molecular complexity index is 3350. The molecule has 5 aromatic carbocycles. The number of nitrogens with zero attached hydrogens (tertiary/aromatic N) is 1. The van der Waals surface area contributed by atoms with E-state index in [2.05, 4.69) is 113 Å². The molecule has 2 heterocycles. The van der Waals surface area contributed by atoms with E-state index in [1.807, 2.05) is 0 Å². The van der Waals surface area contributed by atoms with E-state index < -0.39 is 0 Å². The first kappa shape index (κ1) is 36.6. The third-order valence-corrected chi connectivity index (χ3v) is 20.9. The Labute approximate surface area is 371 Å². The number of rotatable bonds is 0. The first-order chi connectivity index (χ1) is 30.2. The van der Waals surface area contributed by atoms with Crippen molar-refractivity contribution >= 4 is 49.7 Å². The van der Waals surface area contributed by atoms with Crippen LogP contribution < -0.4 is 0 Å². The third kappa shape index (κ3) is 3.95. The molecule has 4 bridgehead atoms. The number of ketones is 2. The van der Waals surface area contributed by atoms with Gasteiger partial charge in [0, 0.05) is 54.3 Å². The summed E-state index contributed by atoms with van der Waals surface area (Å²) in [4.78, 5) is 30.8. The van der Waals surface area contributed by atoms with Crippen molar-refractivity contribution in [2.24, 2.45) is 22.7 Å². The largest absolute Gasteiger partial charge is 0.308 e. The Hall–Kier alpha value is -4.76. The van der Waals surface area contributed by atoms with Crippen molar-refractivity contribution in [3.05, 3.63) is 111 Å². The maximum Gasteiger partial charge on any atom is 0.169 e. The van der Waals surface area contributed by atoms with Crippen molar-refractivity contribution in [3.63, 3.8) is 0 Å². The van der Waals surface area contributed by atoms with Gasteiger partial charge in [-0.2, -0.15) is 0 Å². The highest BCUT2D eigenvalue weighted by atomic mass is 16.1. The summed E-state index contributed by atoms with van der Waals surface area (Å²) in [5.74, 6) is 1.81. The zero-order valence-corrected chi connectivity index (χ0v) is 38.2. The van der Waals surface area contributed by atoms with Crippen molar-refractivity contribution < 1.29 is 9.59 Å².